The third kappa shape index (κ3) is 6.97. The molecule has 4 rings (SSSR count). The Morgan fingerprint density at radius 3 is 2.45 bits per heavy atom. The molecule has 0 unspecified atom stereocenters. The van der Waals surface area contributed by atoms with Crippen LogP contribution >= 0.6 is 0 Å². The smallest absolute Gasteiger partial charge is 0.142 e. The van der Waals surface area contributed by atoms with E-state index in [1.165, 1.54) is 32.1 Å². The minimum atomic E-state index is 0.502. The Labute approximate surface area is 250 Å². The summed E-state index contributed by atoms with van der Waals surface area (Å²) in [6.45, 7) is 23.1. The lowest BCUT2D eigenvalue weighted by Gasteiger charge is -2.25. The van der Waals surface area contributed by atoms with Gasteiger partial charge in [0.25, 0.3) is 0 Å². The van der Waals surface area contributed by atoms with Crippen molar-refractivity contribution in [1.29, 1.82) is 0 Å². The highest BCUT2D eigenvalue weighted by atomic mass is 15.1. The minimum Gasteiger partial charge on any atom is -0.386 e. The van der Waals surface area contributed by atoms with Crippen molar-refractivity contribution in [1.82, 2.24) is 24.8 Å². The highest BCUT2D eigenvalue weighted by molar-refractivity contribution is 5.88. The van der Waals surface area contributed by atoms with Crippen LogP contribution in [-0.2, 0) is 0 Å². The fraction of sp³-hybridized carbons (Fsp3) is 0.286. The average molecular weight is 562 g/mol. The lowest BCUT2D eigenvalue weighted by Crippen LogP contribution is -2.20. The van der Waals surface area contributed by atoms with Crippen LogP contribution in [0.5, 0.6) is 0 Å². The van der Waals surface area contributed by atoms with Crippen molar-refractivity contribution < 1.29 is 0 Å². The van der Waals surface area contributed by atoms with E-state index in [0.717, 1.165) is 62.2 Å². The summed E-state index contributed by atoms with van der Waals surface area (Å²) in [5, 5.41) is 10.2. The van der Waals surface area contributed by atoms with E-state index in [2.05, 4.69) is 64.4 Å². The summed E-state index contributed by atoms with van der Waals surface area (Å²) in [7, 11) is 1.88. The zero-order valence-corrected chi connectivity index (χ0v) is 25.4. The number of anilines is 2. The number of pyridine rings is 2. The first-order valence-corrected chi connectivity index (χ1v) is 14.5. The van der Waals surface area contributed by atoms with E-state index < -0.39 is 0 Å². The molecule has 1 aliphatic carbocycles. The molecule has 218 valence electrons. The van der Waals surface area contributed by atoms with Gasteiger partial charge in [0.2, 0.25) is 0 Å². The number of allylic oxidation sites excluding steroid dienone is 6. The van der Waals surface area contributed by atoms with Crippen LogP contribution in [0.25, 0.3) is 17.0 Å². The molecule has 0 spiro atoms. The normalized spacial score (nSPS) is 14.3. The number of imidazole rings is 1. The Morgan fingerprint density at radius 2 is 1.81 bits per heavy atom. The van der Waals surface area contributed by atoms with E-state index >= 15 is 0 Å². The van der Waals surface area contributed by atoms with Crippen molar-refractivity contribution in [3.8, 4) is 5.82 Å². The van der Waals surface area contributed by atoms with E-state index in [1.54, 1.807) is 12.5 Å². The van der Waals surface area contributed by atoms with Crippen molar-refractivity contribution in [3.05, 3.63) is 121 Å². The van der Waals surface area contributed by atoms with Gasteiger partial charge in [-0.25, -0.2) is 9.97 Å². The fourth-order valence-corrected chi connectivity index (χ4v) is 5.28. The third-order valence-corrected chi connectivity index (χ3v) is 7.82. The summed E-state index contributed by atoms with van der Waals surface area (Å²) >= 11 is 0. The number of aryl methyl sites for hydroxylation is 1. The van der Waals surface area contributed by atoms with Crippen molar-refractivity contribution in [2.45, 2.75) is 52.9 Å². The number of aromatic nitrogens is 4. The van der Waals surface area contributed by atoms with Crippen LogP contribution in [0.15, 0.2) is 98.7 Å². The van der Waals surface area contributed by atoms with Gasteiger partial charge in [-0.2, -0.15) is 0 Å². The average Bonchev–Trinajstić information content (AvgIpc) is 3.45. The van der Waals surface area contributed by atoms with Crippen molar-refractivity contribution >= 4 is 22.5 Å². The zero-order valence-electron chi connectivity index (χ0n) is 25.4. The summed E-state index contributed by atoms with van der Waals surface area (Å²) in [6.07, 6.45) is 19.5. The number of rotatable bonds is 12. The van der Waals surface area contributed by atoms with E-state index in [1.807, 2.05) is 63.0 Å². The fourth-order valence-electron chi connectivity index (χ4n) is 5.28. The van der Waals surface area contributed by atoms with E-state index in [4.69, 9.17) is 4.98 Å². The monoisotopic (exact) mass is 561 g/mol. The second-order valence-corrected chi connectivity index (χ2v) is 10.7. The lowest BCUT2D eigenvalue weighted by atomic mass is 9.87. The first-order valence-electron chi connectivity index (χ1n) is 14.5. The molecular weight excluding hydrogens is 518 g/mol. The molecule has 7 nitrogen and oxygen atoms in total. The van der Waals surface area contributed by atoms with Gasteiger partial charge in [0.05, 0.1) is 23.3 Å². The molecule has 3 aromatic rings. The van der Waals surface area contributed by atoms with Crippen LogP contribution in [0.4, 0.5) is 11.4 Å². The number of nitrogens with one attached hydrogen (secondary N) is 3. The number of nitrogens with zero attached hydrogens (tertiary/aromatic N) is 4. The van der Waals surface area contributed by atoms with Crippen LogP contribution < -0.4 is 16.0 Å². The number of hydrogen-bond acceptors (Lipinski definition) is 6. The molecular formula is C35H43N7. The standard InChI is InChI=1S/C35H43N7/c1-9-28(18-30(10-2)40-27(7)29-14-12-11-13-15-29)33-19-31(34(36-8)20-38-33)24(4)26(6)41-32-16-17-37-35(25(32)5)42-21-23(3)39-22-42/h9-10,16-22,29,36,40H,2,4,6-7,11-15H2,1,3,5,8H3,(H,37,41)/b28-9+,30-18+. The topological polar surface area (TPSA) is 79.7 Å². The molecule has 0 atom stereocenters. The van der Waals surface area contributed by atoms with Crippen LogP contribution in [-0.4, -0.2) is 26.6 Å². The molecule has 0 bridgehead atoms. The summed E-state index contributed by atoms with van der Waals surface area (Å²) in [4.78, 5) is 13.7. The molecule has 0 aromatic carbocycles. The van der Waals surface area contributed by atoms with Gasteiger partial charge < -0.3 is 16.0 Å². The van der Waals surface area contributed by atoms with Gasteiger partial charge in [-0.3, -0.25) is 9.55 Å². The van der Waals surface area contributed by atoms with Crippen molar-refractivity contribution in [3.63, 3.8) is 0 Å². The second-order valence-electron chi connectivity index (χ2n) is 10.7. The molecule has 1 saturated carbocycles. The largest absolute Gasteiger partial charge is 0.386 e. The second kappa shape index (κ2) is 13.8. The van der Waals surface area contributed by atoms with E-state index in [9.17, 15) is 0 Å². The highest BCUT2D eigenvalue weighted by Crippen LogP contribution is 2.32. The summed E-state index contributed by atoms with van der Waals surface area (Å²) in [6, 6.07) is 3.98. The quantitative estimate of drug-likeness (QED) is 0.194. The first-order chi connectivity index (χ1) is 20.2. The molecule has 3 aromatic heterocycles. The first kappa shape index (κ1) is 30.3. The molecule has 0 radical (unpaired) electrons. The summed E-state index contributed by atoms with van der Waals surface area (Å²) in [5.74, 6) is 1.31. The molecule has 1 aliphatic rings. The van der Waals surface area contributed by atoms with Gasteiger partial charge in [-0.1, -0.05) is 51.7 Å². The predicted octanol–water partition coefficient (Wildman–Crippen LogP) is 8.12. The maximum atomic E-state index is 4.76. The summed E-state index contributed by atoms with van der Waals surface area (Å²) < 4.78 is 1.92. The van der Waals surface area contributed by atoms with Crippen LogP contribution in [0, 0.1) is 19.8 Å². The Hall–Kier alpha value is -4.65. The highest BCUT2D eigenvalue weighted by Gasteiger charge is 2.18. The Kier molecular flexibility index (Phi) is 9.97. The molecule has 3 N–H and O–H groups in total. The Bertz CT molecular complexity index is 1550. The van der Waals surface area contributed by atoms with Gasteiger partial charge in [0.1, 0.15) is 12.1 Å². The van der Waals surface area contributed by atoms with E-state index in [-0.39, 0.29) is 0 Å². The minimum absolute atomic E-state index is 0.502. The molecule has 0 aliphatic heterocycles. The van der Waals surface area contributed by atoms with Crippen LogP contribution in [0.3, 0.4) is 0 Å². The van der Waals surface area contributed by atoms with Crippen LogP contribution in [0.1, 0.15) is 61.5 Å². The van der Waals surface area contributed by atoms with Gasteiger partial charge in [-0.05, 0) is 75.0 Å². The predicted molar refractivity (Wildman–Crippen MR) is 177 cm³/mol. The number of hydrogen-bond donors (Lipinski definition) is 3. The lowest BCUT2D eigenvalue weighted by molar-refractivity contribution is 0.393. The SMILES string of the molecule is C=C/C(=C\C(=C/C)c1cc(C(=C)C(=C)Nc2ccnc(-n3cnc(C)c3)c2C)c(NC)cn1)NC(=C)C1CCCCC1. The van der Waals surface area contributed by atoms with Gasteiger partial charge >= 0.3 is 0 Å². The van der Waals surface area contributed by atoms with Crippen molar-refractivity contribution in [2.75, 3.05) is 17.7 Å². The maximum Gasteiger partial charge on any atom is 0.142 e. The zero-order chi connectivity index (χ0) is 30.2. The molecule has 42 heavy (non-hydrogen) atoms. The van der Waals surface area contributed by atoms with E-state index in [0.29, 0.717) is 11.6 Å². The third-order valence-electron chi connectivity index (χ3n) is 7.82. The van der Waals surface area contributed by atoms with Gasteiger partial charge in [0, 0.05) is 53.3 Å². The van der Waals surface area contributed by atoms with Crippen LogP contribution in [0.2, 0.25) is 0 Å². The molecule has 0 amide bonds. The molecule has 7 heteroatoms. The molecule has 1 fully saturated rings. The Balaban J connectivity index is 1.57. The Morgan fingerprint density at radius 1 is 1.05 bits per heavy atom. The molecule has 0 saturated heterocycles. The van der Waals surface area contributed by atoms with Crippen molar-refractivity contribution in [2.24, 2.45) is 5.92 Å². The molecule has 3 heterocycles. The maximum absolute atomic E-state index is 4.76. The van der Waals surface area contributed by atoms with Gasteiger partial charge in [0.15, 0.2) is 0 Å². The van der Waals surface area contributed by atoms with Gasteiger partial charge in [-0.15, -0.1) is 0 Å². The summed E-state index contributed by atoms with van der Waals surface area (Å²) in [5.41, 5.74) is 9.77.